The first-order chi connectivity index (χ1) is 16.5. The maximum absolute atomic E-state index is 13.5. The van der Waals surface area contributed by atoms with Gasteiger partial charge in [0, 0.05) is 6.42 Å². The molecule has 6 atom stereocenters. The zero-order valence-electron chi connectivity index (χ0n) is 19.5. The third kappa shape index (κ3) is 4.47. The van der Waals surface area contributed by atoms with Crippen LogP contribution in [0, 0.1) is 0 Å². The SMILES string of the molecule is CC1(C)CC(c2ccccc2)OP(=O)(OC[C@H]2O[C@@H](n3cnc4c(N)ncnc43)[C@](C)(O)[C@@H]2O)O1. The van der Waals surface area contributed by atoms with Crippen molar-refractivity contribution in [1.82, 2.24) is 19.5 Å². The van der Waals surface area contributed by atoms with Crippen LogP contribution < -0.4 is 5.73 Å². The summed E-state index contributed by atoms with van der Waals surface area (Å²) in [5, 5.41) is 21.9. The molecule has 2 saturated heterocycles. The molecule has 4 heterocycles. The molecule has 12 nitrogen and oxygen atoms in total. The lowest BCUT2D eigenvalue weighted by Crippen LogP contribution is -2.44. The fourth-order valence-electron chi connectivity index (χ4n) is 4.49. The van der Waals surface area contributed by atoms with Crippen LogP contribution >= 0.6 is 7.82 Å². The molecule has 13 heteroatoms. The summed E-state index contributed by atoms with van der Waals surface area (Å²) in [4.78, 5) is 12.3. The summed E-state index contributed by atoms with van der Waals surface area (Å²) in [6, 6.07) is 9.39. The van der Waals surface area contributed by atoms with Crippen LogP contribution in [0.5, 0.6) is 0 Å². The molecule has 3 aromatic rings. The summed E-state index contributed by atoms with van der Waals surface area (Å²) in [6.45, 7) is 4.68. The molecule has 35 heavy (non-hydrogen) atoms. The van der Waals surface area contributed by atoms with Crippen LogP contribution in [0.3, 0.4) is 0 Å². The number of imidazole rings is 1. The second-order valence-electron chi connectivity index (χ2n) is 9.58. The molecule has 2 unspecified atom stereocenters. The minimum atomic E-state index is -4.03. The number of phosphoric acid groups is 1. The molecule has 0 bridgehead atoms. The van der Waals surface area contributed by atoms with E-state index >= 15 is 0 Å². The molecule has 0 aliphatic carbocycles. The molecular weight excluding hydrogens is 477 g/mol. The van der Waals surface area contributed by atoms with Crippen molar-refractivity contribution >= 4 is 24.8 Å². The van der Waals surface area contributed by atoms with E-state index in [2.05, 4.69) is 15.0 Å². The smallest absolute Gasteiger partial charge is 0.387 e. The van der Waals surface area contributed by atoms with Crippen LogP contribution in [0.15, 0.2) is 43.0 Å². The zero-order valence-corrected chi connectivity index (χ0v) is 20.4. The van der Waals surface area contributed by atoms with Crippen molar-refractivity contribution in [2.24, 2.45) is 0 Å². The topological polar surface area (TPSA) is 164 Å². The highest BCUT2D eigenvalue weighted by Crippen LogP contribution is 2.61. The highest BCUT2D eigenvalue weighted by Gasteiger charge is 2.55. The van der Waals surface area contributed by atoms with E-state index in [4.69, 9.17) is 24.0 Å². The van der Waals surface area contributed by atoms with Crippen molar-refractivity contribution in [2.45, 2.75) is 62.9 Å². The van der Waals surface area contributed by atoms with E-state index in [-0.39, 0.29) is 12.4 Å². The number of hydrogen-bond donors (Lipinski definition) is 3. The Kier molecular flexibility index (Phi) is 5.96. The molecule has 4 N–H and O–H groups in total. The molecule has 0 spiro atoms. The van der Waals surface area contributed by atoms with E-state index in [0.717, 1.165) is 5.56 Å². The fraction of sp³-hybridized carbons (Fsp3) is 0.500. The Labute approximate surface area is 201 Å². The molecule has 5 rings (SSSR count). The minimum Gasteiger partial charge on any atom is -0.387 e. The van der Waals surface area contributed by atoms with Gasteiger partial charge in [0.05, 0.1) is 24.6 Å². The number of aliphatic hydroxyl groups is 2. The van der Waals surface area contributed by atoms with E-state index in [1.807, 2.05) is 30.3 Å². The third-order valence-electron chi connectivity index (χ3n) is 6.25. The lowest BCUT2D eigenvalue weighted by molar-refractivity contribution is -0.0967. The number of aromatic nitrogens is 4. The van der Waals surface area contributed by atoms with Crippen LogP contribution in [0.25, 0.3) is 11.2 Å². The van der Waals surface area contributed by atoms with Gasteiger partial charge in [0.25, 0.3) is 0 Å². The van der Waals surface area contributed by atoms with E-state index < -0.39 is 43.6 Å². The minimum absolute atomic E-state index is 0.173. The molecule has 2 aliphatic heterocycles. The quantitative estimate of drug-likeness (QED) is 0.436. The maximum atomic E-state index is 13.5. The van der Waals surface area contributed by atoms with Gasteiger partial charge in [-0.15, -0.1) is 0 Å². The molecule has 1 aromatic carbocycles. The Bertz CT molecular complexity index is 1270. The number of fused-ring (bicyclic) bond motifs is 1. The number of phosphoric ester groups is 1. The highest BCUT2D eigenvalue weighted by molar-refractivity contribution is 7.48. The summed E-state index contributed by atoms with van der Waals surface area (Å²) in [5.41, 5.74) is 4.83. The molecule has 188 valence electrons. The molecule has 2 aromatic heterocycles. The van der Waals surface area contributed by atoms with E-state index in [1.165, 1.54) is 24.1 Å². The maximum Gasteiger partial charge on any atom is 0.476 e. The first-order valence-corrected chi connectivity index (χ1v) is 12.6. The summed E-state index contributed by atoms with van der Waals surface area (Å²) < 4.78 is 38.0. The summed E-state index contributed by atoms with van der Waals surface area (Å²) in [6.07, 6.45) is -0.879. The van der Waals surface area contributed by atoms with Gasteiger partial charge in [0.1, 0.15) is 29.7 Å². The van der Waals surface area contributed by atoms with Crippen molar-refractivity contribution in [2.75, 3.05) is 12.3 Å². The Morgan fingerprint density at radius 1 is 1.23 bits per heavy atom. The number of ether oxygens (including phenoxy) is 1. The lowest BCUT2D eigenvalue weighted by Gasteiger charge is -2.39. The van der Waals surface area contributed by atoms with Crippen molar-refractivity contribution in [3.63, 3.8) is 0 Å². The monoisotopic (exact) mass is 505 g/mol. The van der Waals surface area contributed by atoms with Crippen LogP contribution in [0.1, 0.15) is 45.1 Å². The van der Waals surface area contributed by atoms with Gasteiger partial charge in [-0.25, -0.2) is 19.5 Å². The van der Waals surface area contributed by atoms with Crippen molar-refractivity contribution in [1.29, 1.82) is 0 Å². The third-order valence-corrected chi connectivity index (χ3v) is 7.95. The standard InChI is InChI=1S/C22H28N5O7P/c1-21(2)9-14(13-7-5-4-6-8-13)33-35(30,34-21)31-10-15-17(28)22(3,29)20(32-15)27-12-26-16-18(23)24-11-25-19(16)27/h4-8,11-12,14-15,17,20,28-29H,9-10H2,1-3H3,(H2,23,24,25)/t14?,15-,17-,20-,22-,35?/m1/s1. The van der Waals surface area contributed by atoms with Crippen molar-refractivity contribution < 1.29 is 33.1 Å². The van der Waals surface area contributed by atoms with Gasteiger partial charge < -0.3 is 20.7 Å². The number of benzene rings is 1. The largest absolute Gasteiger partial charge is 0.476 e. The average Bonchev–Trinajstić information content (AvgIpc) is 3.31. The Hall–Kier alpha value is -2.44. The number of rotatable bonds is 5. The Morgan fingerprint density at radius 3 is 2.71 bits per heavy atom. The predicted octanol–water partition coefficient (Wildman–Crippen LogP) is 2.50. The highest BCUT2D eigenvalue weighted by atomic mass is 31.2. The van der Waals surface area contributed by atoms with Gasteiger partial charge in [-0.1, -0.05) is 30.3 Å². The van der Waals surface area contributed by atoms with Gasteiger partial charge in [0.2, 0.25) is 0 Å². The molecule has 0 saturated carbocycles. The Morgan fingerprint density at radius 2 is 1.97 bits per heavy atom. The van der Waals surface area contributed by atoms with E-state index in [1.54, 1.807) is 13.8 Å². The molecule has 2 fully saturated rings. The van der Waals surface area contributed by atoms with Crippen LogP contribution in [0.4, 0.5) is 5.82 Å². The molecular formula is C22H28N5O7P. The van der Waals surface area contributed by atoms with Crippen LogP contribution in [-0.4, -0.2) is 59.7 Å². The van der Waals surface area contributed by atoms with E-state index in [0.29, 0.717) is 17.6 Å². The normalized spacial score (nSPS) is 34.9. The number of hydrogen-bond acceptors (Lipinski definition) is 11. The number of aliphatic hydroxyl groups excluding tert-OH is 1. The molecule has 0 radical (unpaired) electrons. The first-order valence-electron chi connectivity index (χ1n) is 11.2. The Balaban J connectivity index is 1.34. The summed E-state index contributed by atoms with van der Waals surface area (Å²) in [7, 11) is -4.03. The van der Waals surface area contributed by atoms with Gasteiger partial charge >= 0.3 is 7.82 Å². The average molecular weight is 505 g/mol. The number of nitrogens with zero attached hydrogens (tertiary/aromatic N) is 4. The predicted molar refractivity (Wildman–Crippen MR) is 124 cm³/mol. The summed E-state index contributed by atoms with van der Waals surface area (Å²) >= 11 is 0. The molecule has 0 amide bonds. The van der Waals surface area contributed by atoms with E-state index in [9.17, 15) is 14.8 Å². The summed E-state index contributed by atoms with van der Waals surface area (Å²) in [5.74, 6) is 0.173. The fourth-order valence-corrected chi connectivity index (χ4v) is 6.16. The zero-order chi connectivity index (χ0) is 25.0. The second-order valence-corrected chi connectivity index (χ2v) is 11.1. The second kappa shape index (κ2) is 8.59. The number of nitrogen functional groups attached to an aromatic ring is 1. The number of anilines is 1. The van der Waals surface area contributed by atoms with Gasteiger partial charge in [-0.3, -0.25) is 18.1 Å². The lowest BCUT2D eigenvalue weighted by atomic mass is 9.96. The van der Waals surface area contributed by atoms with Gasteiger partial charge in [-0.2, -0.15) is 0 Å². The van der Waals surface area contributed by atoms with Gasteiger partial charge in [0.15, 0.2) is 17.7 Å². The van der Waals surface area contributed by atoms with Crippen LogP contribution in [-0.2, 0) is 22.9 Å². The number of nitrogens with two attached hydrogens (primary N) is 1. The first kappa shape index (κ1) is 24.3. The molecule has 2 aliphatic rings. The van der Waals surface area contributed by atoms with Crippen molar-refractivity contribution in [3.8, 4) is 0 Å². The van der Waals surface area contributed by atoms with Crippen LogP contribution in [0.2, 0.25) is 0 Å². The van der Waals surface area contributed by atoms with Crippen molar-refractivity contribution in [3.05, 3.63) is 48.5 Å². The van der Waals surface area contributed by atoms with Gasteiger partial charge in [-0.05, 0) is 26.3 Å².